The van der Waals surface area contributed by atoms with E-state index in [0.717, 1.165) is 11.1 Å². The van der Waals surface area contributed by atoms with E-state index in [1.165, 1.54) is 9.59 Å². The summed E-state index contributed by atoms with van der Waals surface area (Å²) in [5, 5.41) is 45.2. The molecule has 2 heterocycles. The minimum absolute atomic E-state index is 0.0220. The van der Waals surface area contributed by atoms with E-state index in [2.05, 4.69) is 31.0 Å². The van der Waals surface area contributed by atoms with Crippen molar-refractivity contribution >= 4 is 28.1 Å². The maximum atomic E-state index is 12.7. The molecule has 2 aromatic heterocycles. The topological polar surface area (TPSA) is 143 Å². The third-order valence-electron chi connectivity index (χ3n) is 6.51. The second-order valence-corrected chi connectivity index (χ2v) is 9.58. The average molecular weight is 535 g/mol. The predicted octanol–water partition coefficient (Wildman–Crippen LogP) is 4.18. The number of carbonyl (C=O) groups is 1. The Hall–Kier alpha value is -5.45. The first kappa shape index (κ1) is 24.9. The van der Waals surface area contributed by atoms with Gasteiger partial charge in [-0.3, -0.25) is 0 Å². The van der Waals surface area contributed by atoms with Gasteiger partial charge in [0, 0.05) is 24.2 Å². The van der Waals surface area contributed by atoms with Crippen LogP contribution in [0.2, 0.25) is 0 Å². The third kappa shape index (κ3) is 4.75. The Morgan fingerprint density at radius 1 is 0.650 bits per heavy atom. The fourth-order valence-corrected chi connectivity index (χ4v) is 4.59. The molecule has 0 aliphatic heterocycles. The van der Waals surface area contributed by atoms with Crippen LogP contribution in [0.1, 0.15) is 22.3 Å². The van der Waals surface area contributed by atoms with Crippen molar-refractivity contribution in [2.24, 2.45) is 0 Å². The van der Waals surface area contributed by atoms with Crippen LogP contribution in [0.25, 0.3) is 33.4 Å². The molecule has 2 amide bonds. The van der Waals surface area contributed by atoms with Crippen LogP contribution >= 0.6 is 0 Å². The maximum absolute atomic E-state index is 12.7. The second-order valence-electron chi connectivity index (χ2n) is 9.58. The lowest BCUT2D eigenvalue weighted by molar-refractivity contribution is 0.240. The molecule has 0 bridgehead atoms. The van der Waals surface area contributed by atoms with Crippen LogP contribution in [0.5, 0.6) is 11.5 Å². The quantitative estimate of drug-likeness (QED) is 0.251. The molecule has 200 valence electrons. The molecule has 6 aromatic rings. The molecule has 0 aliphatic carbocycles. The summed E-state index contributed by atoms with van der Waals surface area (Å²) in [6, 6.07) is 21.6. The van der Waals surface area contributed by atoms with Gasteiger partial charge < -0.3 is 20.8 Å². The number of nitrogens with zero attached hydrogens (tertiary/aromatic N) is 6. The summed E-state index contributed by atoms with van der Waals surface area (Å²) in [7, 11) is 0. The molecule has 11 nitrogen and oxygen atoms in total. The number of rotatable bonds is 6. The Bertz CT molecular complexity index is 1690. The zero-order valence-corrected chi connectivity index (χ0v) is 21.8. The fourth-order valence-electron chi connectivity index (χ4n) is 4.59. The molecule has 11 heteroatoms. The molecule has 0 saturated heterocycles. The summed E-state index contributed by atoms with van der Waals surface area (Å²) in [5.74, 6) is -0.0439. The van der Waals surface area contributed by atoms with Gasteiger partial charge in [0.25, 0.3) is 0 Å². The molecule has 0 spiro atoms. The number of nitrogens with one attached hydrogen (secondary N) is 2. The monoisotopic (exact) mass is 534 g/mol. The van der Waals surface area contributed by atoms with Crippen LogP contribution in [-0.2, 0) is 13.1 Å². The summed E-state index contributed by atoms with van der Waals surface area (Å²) in [6.07, 6.45) is 0. The maximum Gasteiger partial charge on any atom is 0.315 e. The van der Waals surface area contributed by atoms with Crippen molar-refractivity contribution in [3.63, 3.8) is 0 Å². The highest BCUT2D eigenvalue weighted by atomic mass is 16.3. The van der Waals surface area contributed by atoms with E-state index in [0.29, 0.717) is 44.6 Å². The molecule has 6 rings (SSSR count). The normalized spacial score (nSPS) is 11.2. The van der Waals surface area contributed by atoms with E-state index in [1.54, 1.807) is 24.3 Å². The van der Waals surface area contributed by atoms with Gasteiger partial charge in [0.2, 0.25) is 0 Å². The van der Waals surface area contributed by atoms with Gasteiger partial charge in [0.15, 0.2) is 0 Å². The summed E-state index contributed by atoms with van der Waals surface area (Å²) < 4.78 is 0. The molecule has 4 aromatic carbocycles. The first-order valence-corrected chi connectivity index (χ1v) is 12.7. The summed E-state index contributed by atoms with van der Waals surface area (Å²) in [5.41, 5.74) is 6.47. The number of hydrogen-bond donors (Lipinski definition) is 4. The van der Waals surface area contributed by atoms with E-state index >= 15 is 0 Å². The first-order chi connectivity index (χ1) is 19.4. The molecule has 0 atom stereocenters. The molecular formula is C29H26N8O3. The number of carbonyl (C=O) groups excluding carboxylic acids is 1. The van der Waals surface area contributed by atoms with Gasteiger partial charge in [0.1, 0.15) is 44.9 Å². The summed E-state index contributed by atoms with van der Waals surface area (Å²) in [6.45, 7) is 3.93. The number of aromatic hydroxyl groups is 2. The Kier molecular flexibility index (Phi) is 6.23. The molecule has 0 fully saturated rings. The van der Waals surface area contributed by atoms with Crippen LogP contribution < -0.4 is 10.6 Å². The third-order valence-corrected chi connectivity index (χ3v) is 6.51. The van der Waals surface area contributed by atoms with Crippen molar-refractivity contribution in [2.45, 2.75) is 26.9 Å². The van der Waals surface area contributed by atoms with Gasteiger partial charge in [-0.05, 0) is 61.4 Å². The van der Waals surface area contributed by atoms with Gasteiger partial charge in [-0.15, -0.1) is 30.0 Å². The SMILES string of the molecule is Cc1cc(CNC(=O)NCc2cc(C)cc(-n3nc4ccccc4n3)c2O)c(O)c(-n2nc3ccccc3n2)c1. The van der Waals surface area contributed by atoms with Crippen molar-refractivity contribution in [1.29, 1.82) is 0 Å². The van der Waals surface area contributed by atoms with Crippen molar-refractivity contribution in [2.75, 3.05) is 0 Å². The standard InChI is InChI=1S/C29H26N8O3/c1-17-11-19(27(38)25(13-17)36-32-21-7-3-4-8-22(21)33-36)15-30-29(40)31-16-20-12-18(2)14-26(28(20)39)37-34-23-9-5-6-10-24(23)35-37/h3-14,38-39H,15-16H2,1-2H3,(H2,30,31,40). The zero-order valence-electron chi connectivity index (χ0n) is 21.8. The Labute approximate surface area is 228 Å². The van der Waals surface area contributed by atoms with E-state index < -0.39 is 6.03 Å². The zero-order chi connectivity index (χ0) is 27.8. The number of aromatic nitrogens is 6. The Morgan fingerprint density at radius 3 is 1.35 bits per heavy atom. The highest BCUT2D eigenvalue weighted by molar-refractivity contribution is 5.76. The van der Waals surface area contributed by atoms with Crippen molar-refractivity contribution in [3.8, 4) is 22.9 Å². The first-order valence-electron chi connectivity index (χ1n) is 12.7. The molecule has 0 radical (unpaired) electrons. The number of fused-ring (bicyclic) bond motifs is 2. The van der Waals surface area contributed by atoms with E-state index in [4.69, 9.17) is 0 Å². The van der Waals surface area contributed by atoms with Crippen LogP contribution in [-0.4, -0.2) is 46.2 Å². The minimum atomic E-state index is -0.462. The lowest BCUT2D eigenvalue weighted by atomic mass is 10.1. The highest BCUT2D eigenvalue weighted by Gasteiger charge is 2.16. The van der Waals surface area contributed by atoms with E-state index in [1.807, 2.05) is 62.4 Å². The lowest BCUT2D eigenvalue weighted by Crippen LogP contribution is -2.34. The number of amides is 2. The molecular weight excluding hydrogens is 508 g/mol. The average Bonchev–Trinajstić information content (AvgIpc) is 3.58. The minimum Gasteiger partial charge on any atom is -0.505 e. The molecule has 0 saturated carbocycles. The highest BCUT2D eigenvalue weighted by Crippen LogP contribution is 2.29. The van der Waals surface area contributed by atoms with Gasteiger partial charge in [-0.25, -0.2) is 4.79 Å². The summed E-state index contributed by atoms with van der Waals surface area (Å²) in [4.78, 5) is 15.5. The van der Waals surface area contributed by atoms with Gasteiger partial charge in [0.05, 0.1) is 0 Å². The number of phenols is 2. The predicted molar refractivity (Wildman–Crippen MR) is 150 cm³/mol. The molecule has 40 heavy (non-hydrogen) atoms. The van der Waals surface area contributed by atoms with Crippen molar-refractivity contribution in [1.82, 2.24) is 40.6 Å². The van der Waals surface area contributed by atoms with Crippen molar-refractivity contribution in [3.05, 3.63) is 95.1 Å². The summed E-state index contributed by atoms with van der Waals surface area (Å²) >= 11 is 0. The van der Waals surface area contributed by atoms with Gasteiger partial charge in [-0.2, -0.15) is 0 Å². The Balaban J connectivity index is 1.16. The van der Waals surface area contributed by atoms with Crippen LogP contribution in [0.4, 0.5) is 4.79 Å². The lowest BCUT2D eigenvalue weighted by Gasteiger charge is -2.14. The molecule has 0 unspecified atom stereocenters. The Morgan fingerprint density at radius 2 is 1.00 bits per heavy atom. The van der Waals surface area contributed by atoms with Crippen LogP contribution in [0.15, 0.2) is 72.8 Å². The fraction of sp³-hybridized carbons (Fsp3) is 0.138. The van der Waals surface area contributed by atoms with Crippen LogP contribution in [0.3, 0.4) is 0 Å². The van der Waals surface area contributed by atoms with Crippen LogP contribution in [0, 0.1) is 13.8 Å². The van der Waals surface area contributed by atoms with E-state index in [-0.39, 0.29) is 24.6 Å². The van der Waals surface area contributed by atoms with E-state index in [9.17, 15) is 15.0 Å². The van der Waals surface area contributed by atoms with Gasteiger partial charge >= 0.3 is 6.03 Å². The van der Waals surface area contributed by atoms with Gasteiger partial charge in [-0.1, -0.05) is 36.4 Å². The number of benzene rings is 4. The molecule has 0 aliphatic rings. The number of hydrogen-bond acceptors (Lipinski definition) is 7. The smallest absolute Gasteiger partial charge is 0.315 e. The van der Waals surface area contributed by atoms with Crippen molar-refractivity contribution < 1.29 is 15.0 Å². The number of aryl methyl sites for hydroxylation is 2. The molecule has 4 N–H and O–H groups in total. The number of phenolic OH excluding ortho intramolecular Hbond substituents is 2. The number of urea groups is 1. The second kappa shape index (κ2) is 10.0. The largest absolute Gasteiger partial charge is 0.505 e.